The van der Waals surface area contributed by atoms with Crippen LogP contribution in [0.3, 0.4) is 0 Å². The monoisotopic (exact) mass is 335 g/mol. The molecule has 1 aliphatic heterocycles. The van der Waals surface area contributed by atoms with E-state index < -0.39 is 35.4 Å². The van der Waals surface area contributed by atoms with Crippen LogP contribution in [0.25, 0.3) is 0 Å². The number of rotatable bonds is 2. The highest BCUT2D eigenvalue weighted by Gasteiger charge is 2.36. The average molecular weight is 335 g/mol. The average Bonchev–Trinajstić information content (AvgIpc) is 2.90. The van der Waals surface area contributed by atoms with Gasteiger partial charge in [0, 0.05) is 12.2 Å². The molecule has 1 amide bonds. The van der Waals surface area contributed by atoms with E-state index in [-0.39, 0.29) is 18.7 Å². The van der Waals surface area contributed by atoms with Gasteiger partial charge in [0.2, 0.25) is 0 Å². The molecular formula is C16H15F2N3O3. The second kappa shape index (κ2) is 6.12. The van der Waals surface area contributed by atoms with Crippen molar-refractivity contribution < 1.29 is 18.7 Å². The number of carbonyl (C=O) groups is 1. The van der Waals surface area contributed by atoms with Gasteiger partial charge in [-0.3, -0.25) is 4.79 Å². The van der Waals surface area contributed by atoms with Crippen LogP contribution in [-0.4, -0.2) is 38.5 Å². The highest BCUT2D eigenvalue weighted by atomic mass is 19.2. The second-order valence-electron chi connectivity index (χ2n) is 5.79. The molecule has 0 bridgehead atoms. The van der Waals surface area contributed by atoms with E-state index in [4.69, 9.17) is 0 Å². The van der Waals surface area contributed by atoms with E-state index in [0.717, 1.165) is 12.1 Å². The summed E-state index contributed by atoms with van der Waals surface area (Å²) in [5, 5.41) is 9.91. The minimum atomic E-state index is -1.02. The largest absolute Gasteiger partial charge is 0.391 e. The smallest absolute Gasteiger partial charge is 0.345 e. The summed E-state index contributed by atoms with van der Waals surface area (Å²) in [6, 6.07) is 4.17. The van der Waals surface area contributed by atoms with Crippen molar-refractivity contribution in [2.24, 2.45) is 0 Å². The predicted molar refractivity (Wildman–Crippen MR) is 80.4 cm³/mol. The van der Waals surface area contributed by atoms with Gasteiger partial charge in [0.25, 0.3) is 5.91 Å². The molecule has 2 heterocycles. The molecule has 1 aromatic heterocycles. The zero-order valence-electron chi connectivity index (χ0n) is 12.8. The lowest BCUT2D eigenvalue weighted by atomic mass is 10.0. The Balaban J connectivity index is 1.96. The standard InChI is InChI=1S/C16H15F2N3O3/c1-8-4-13(20-16(24)19-8)15(23)21-7-10(22)6-14(21)9-2-3-11(17)12(18)5-9/h2-5,10,14,22H,6-7H2,1H3,(H,19,20,24)/t10-,14+/m1/s1. The Morgan fingerprint density at radius 3 is 2.75 bits per heavy atom. The highest BCUT2D eigenvalue weighted by molar-refractivity contribution is 5.92. The number of aryl methyl sites for hydroxylation is 1. The molecule has 1 saturated heterocycles. The van der Waals surface area contributed by atoms with E-state index in [1.165, 1.54) is 17.0 Å². The number of likely N-dealkylation sites (tertiary alicyclic amines) is 1. The number of aliphatic hydroxyl groups is 1. The van der Waals surface area contributed by atoms with Gasteiger partial charge in [-0.2, -0.15) is 4.98 Å². The lowest BCUT2D eigenvalue weighted by molar-refractivity contribution is 0.0709. The van der Waals surface area contributed by atoms with Gasteiger partial charge < -0.3 is 15.0 Å². The first-order chi connectivity index (χ1) is 11.3. The Morgan fingerprint density at radius 2 is 2.08 bits per heavy atom. The number of H-pyrrole nitrogens is 1. The number of nitrogens with one attached hydrogen (secondary N) is 1. The fraction of sp³-hybridized carbons (Fsp3) is 0.312. The molecular weight excluding hydrogens is 320 g/mol. The van der Waals surface area contributed by atoms with Crippen molar-refractivity contribution in [2.75, 3.05) is 6.54 Å². The van der Waals surface area contributed by atoms with Crippen molar-refractivity contribution in [3.63, 3.8) is 0 Å². The molecule has 8 heteroatoms. The summed E-state index contributed by atoms with van der Waals surface area (Å²) in [6.45, 7) is 1.64. The van der Waals surface area contributed by atoms with Gasteiger partial charge in [0.15, 0.2) is 11.6 Å². The number of aromatic nitrogens is 2. The Bertz CT molecular complexity index is 853. The van der Waals surface area contributed by atoms with E-state index in [2.05, 4.69) is 9.97 Å². The fourth-order valence-corrected chi connectivity index (χ4v) is 2.91. The summed E-state index contributed by atoms with van der Waals surface area (Å²) >= 11 is 0. The van der Waals surface area contributed by atoms with Crippen LogP contribution >= 0.6 is 0 Å². The Morgan fingerprint density at radius 1 is 1.33 bits per heavy atom. The third kappa shape index (κ3) is 3.05. The van der Waals surface area contributed by atoms with Crippen LogP contribution in [-0.2, 0) is 0 Å². The first-order valence-corrected chi connectivity index (χ1v) is 7.37. The van der Waals surface area contributed by atoms with Crippen LogP contribution in [0.4, 0.5) is 8.78 Å². The molecule has 1 fully saturated rings. The normalized spacial score (nSPS) is 20.4. The van der Waals surface area contributed by atoms with Crippen molar-refractivity contribution in [2.45, 2.75) is 25.5 Å². The summed E-state index contributed by atoms with van der Waals surface area (Å²) in [7, 11) is 0. The van der Waals surface area contributed by atoms with Gasteiger partial charge in [-0.05, 0) is 37.1 Å². The number of hydrogen-bond acceptors (Lipinski definition) is 4. The van der Waals surface area contributed by atoms with E-state index in [1.807, 2.05) is 0 Å². The number of aliphatic hydroxyl groups excluding tert-OH is 1. The quantitative estimate of drug-likeness (QED) is 0.866. The highest BCUT2D eigenvalue weighted by Crippen LogP contribution is 2.33. The van der Waals surface area contributed by atoms with Crippen LogP contribution in [0.2, 0.25) is 0 Å². The number of amides is 1. The van der Waals surface area contributed by atoms with Crippen molar-refractivity contribution in [1.82, 2.24) is 14.9 Å². The van der Waals surface area contributed by atoms with Gasteiger partial charge in [0.1, 0.15) is 5.69 Å². The molecule has 0 saturated carbocycles. The molecule has 24 heavy (non-hydrogen) atoms. The molecule has 0 spiro atoms. The molecule has 1 aromatic carbocycles. The summed E-state index contributed by atoms with van der Waals surface area (Å²) < 4.78 is 26.6. The minimum Gasteiger partial charge on any atom is -0.391 e. The number of halogens is 2. The third-order valence-corrected chi connectivity index (χ3v) is 3.97. The Kier molecular flexibility index (Phi) is 4.15. The van der Waals surface area contributed by atoms with Gasteiger partial charge in [-0.25, -0.2) is 13.6 Å². The lowest BCUT2D eigenvalue weighted by Crippen LogP contribution is -2.34. The van der Waals surface area contributed by atoms with Crippen molar-refractivity contribution in [3.8, 4) is 0 Å². The summed E-state index contributed by atoms with van der Waals surface area (Å²) in [5.74, 6) is -2.55. The number of aromatic amines is 1. The van der Waals surface area contributed by atoms with Crippen molar-refractivity contribution in [3.05, 3.63) is 63.3 Å². The minimum absolute atomic E-state index is 0.0238. The van der Waals surface area contributed by atoms with E-state index in [1.54, 1.807) is 6.92 Å². The maximum atomic E-state index is 13.5. The lowest BCUT2D eigenvalue weighted by Gasteiger charge is -2.24. The van der Waals surface area contributed by atoms with Crippen LogP contribution in [0.1, 0.15) is 34.2 Å². The van der Waals surface area contributed by atoms with Crippen LogP contribution in [0.5, 0.6) is 0 Å². The molecule has 0 unspecified atom stereocenters. The Labute approximate surface area is 135 Å². The molecule has 2 N–H and O–H groups in total. The molecule has 2 aromatic rings. The van der Waals surface area contributed by atoms with Crippen LogP contribution in [0.15, 0.2) is 29.1 Å². The van der Waals surface area contributed by atoms with Gasteiger partial charge in [-0.15, -0.1) is 0 Å². The molecule has 6 nitrogen and oxygen atoms in total. The molecule has 1 aliphatic rings. The van der Waals surface area contributed by atoms with Gasteiger partial charge in [-0.1, -0.05) is 6.07 Å². The molecule has 2 atom stereocenters. The first-order valence-electron chi connectivity index (χ1n) is 7.37. The molecule has 0 radical (unpaired) electrons. The van der Waals surface area contributed by atoms with E-state index in [9.17, 15) is 23.5 Å². The number of nitrogens with zero attached hydrogens (tertiary/aromatic N) is 2. The van der Waals surface area contributed by atoms with E-state index in [0.29, 0.717) is 11.3 Å². The number of hydrogen-bond donors (Lipinski definition) is 2. The first kappa shape index (κ1) is 16.3. The zero-order valence-corrected chi connectivity index (χ0v) is 12.8. The van der Waals surface area contributed by atoms with Crippen molar-refractivity contribution in [1.29, 1.82) is 0 Å². The van der Waals surface area contributed by atoms with Crippen molar-refractivity contribution >= 4 is 5.91 Å². The van der Waals surface area contributed by atoms with Crippen LogP contribution < -0.4 is 5.69 Å². The predicted octanol–water partition coefficient (Wildman–Crippen LogP) is 1.30. The van der Waals surface area contributed by atoms with Gasteiger partial charge in [0.05, 0.1) is 12.1 Å². The topological polar surface area (TPSA) is 86.3 Å². The second-order valence-corrected chi connectivity index (χ2v) is 5.79. The summed E-state index contributed by atoms with van der Waals surface area (Å²) in [6.07, 6.45) is -0.603. The molecule has 126 valence electrons. The van der Waals surface area contributed by atoms with Gasteiger partial charge >= 0.3 is 5.69 Å². The number of β-amino-alcohol motifs (C(OH)–C–C–N with tert-alkyl or cyclic N) is 1. The number of benzene rings is 1. The maximum absolute atomic E-state index is 13.5. The third-order valence-electron chi connectivity index (χ3n) is 3.97. The fourth-order valence-electron chi connectivity index (χ4n) is 2.91. The molecule has 0 aliphatic carbocycles. The number of carbonyl (C=O) groups excluding carboxylic acids is 1. The summed E-state index contributed by atoms with van der Waals surface area (Å²) in [5.41, 5.74) is 0.142. The zero-order chi connectivity index (χ0) is 17.4. The van der Waals surface area contributed by atoms with Crippen LogP contribution in [0, 0.1) is 18.6 Å². The molecule has 3 rings (SSSR count). The van der Waals surface area contributed by atoms with E-state index >= 15 is 0 Å². The summed E-state index contributed by atoms with van der Waals surface area (Å²) in [4.78, 5) is 31.5. The Hall–Kier alpha value is -2.61. The maximum Gasteiger partial charge on any atom is 0.345 e. The SMILES string of the molecule is Cc1cc(C(=O)N2C[C@H](O)C[C@H]2c2ccc(F)c(F)c2)nc(=O)[nH]1.